The molecule has 148 valence electrons. The van der Waals surface area contributed by atoms with E-state index in [-0.39, 0.29) is 16.5 Å². The number of sulfonamides is 1. The summed E-state index contributed by atoms with van der Waals surface area (Å²) >= 11 is 5.84. The molecule has 0 radical (unpaired) electrons. The molecule has 3 aromatic rings. The highest BCUT2D eigenvalue weighted by atomic mass is 35.5. The molecule has 0 aliphatic rings. The molecule has 0 aromatic heterocycles. The van der Waals surface area contributed by atoms with Crippen LogP contribution in [-0.4, -0.2) is 31.7 Å². The van der Waals surface area contributed by atoms with Gasteiger partial charge in [0.2, 0.25) is 0 Å². The van der Waals surface area contributed by atoms with Gasteiger partial charge in [0.15, 0.2) is 5.75 Å². The Balaban J connectivity index is 2.08. The maximum absolute atomic E-state index is 12.9. The van der Waals surface area contributed by atoms with E-state index in [1.54, 1.807) is 36.4 Å². The molecule has 0 saturated heterocycles. The van der Waals surface area contributed by atoms with Crippen LogP contribution >= 0.6 is 11.6 Å². The van der Waals surface area contributed by atoms with Gasteiger partial charge in [-0.2, -0.15) is 0 Å². The summed E-state index contributed by atoms with van der Waals surface area (Å²) in [6, 6.07) is 17.5. The van der Waals surface area contributed by atoms with Crippen LogP contribution in [0.4, 0.5) is 5.69 Å². The maximum atomic E-state index is 12.9. The van der Waals surface area contributed by atoms with Gasteiger partial charge in [0.25, 0.3) is 10.0 Å². The van der Waals surface area contributed by atoms with E-state index in [0.29, 0.717) is 5.56 Å². The van der Waals surface area contributed by atoms with Gasteiger partial charge in [-0.3, -0.25) is 4.72 Å². The number of hydrogen-bond acceptors (Lipinski definition) is 5. The van der Waals surface area contributed by atoms with Gasteiger partial charge in [-0.25, -0.2) is 13.2 Å². The first-order valence-corrected chi connectivity index (χ1v) is 9.94. The van der Waals surface area contributed by atoms with Crippen molar-refractivity contribution in [2.45, 2.75) is 4.90 Å². The predicted molar refractivity (Wildman–Crippen MR) is 107 cm³/mol. The molecule has 0 aliphatic carbocycles. The number of carboxylic acids is 1. The molecule has 7 nitrogen and oxygen atoms in total. The fourth-order valence-electron chi connectivity index (χ4n) is 2.64. The van der Waals surface area contributed by atoms with Crippen LogP contribution in [0.1, 0.15) is 10.4 Å². The molecule has 0 spiro atoms. The smallest absolute Gasteiger partial charge is 0.339 e. The Bertz CT molecular complexity index is 1180. The third-order valence-electron chi connectivity index (χ3n) is 3.99. The molecule has 0 amide bonds. The Labute approximate surface area is 172 Å². The molecular formula is C20H14ClNO6S. The Morgan fingerprint density at radius 1 is 1.14 bits per heavy atom. The van der Waals surface area contributed by atoms with Crippen molar-refractivity contribution in [2.24, 2.45) is 0 Å². The first-order chi connectivity index (χ1) is 13.7. The molecule has 0 fully saturated rings. The van der Waals surface area contributed by atoms with Gasteiger partial charge in [-0.05, 0) is 53.6 Å². The van der Waals surface area contributed by atoms with E-state index in [2.05, 4.69) is 16.9 Å². The summed E-state index contributed by atoms with van der Waals surface area (Å²) in [6.07, 6.45) is 0. The molecule has 3 rings (SSSR count). The zero-order valence-corrected chi connectivity index (χ0v) is 16.5. The number of carboxylic acid groups (broad SMARTS) is 1. The molecule has 0 unspecified atom stereocenters. The summed E-state index contributed by atoms with van der Waals surface area (Å²) in [4.78, 5) is 10.6. The van der Waals surface area contributed by atoms with Crippen LogP contribution in [0.3, 0.4) is 0 Å². The van der Waals surface area contributed by atoms with Crippen molar-refractivity contribution in [1.82, 2.24) is 0 Å². The van der Waals surface area contributed by atoms with Crippen LogP contribution in [0.2, 0.25) is 5.02 Å². The van der Waals surface area contributed by atoms with Gasteiger partial charge < -0.3 is 14.9 Å². The minimum Gasteiger partial charge on any atom is -0.506 e. The number of carbonyl (C=O) groups is 1. The fraction of sp³-hybridized carbons (Fsp3) is 0.0500. The highest BCUT2D eigenvalue weighted by Crippen LogP contribution is 2.35. The molecule has 3 N–H and O–H groups in total. The lowest BCUT2D eigenvalue weighted by Gasteiger charge is -2.15. The van der Waals surface area contributed by atoms with Crippen molar-refractivity contribution in [2.75, 3.05) is 11.8 Å². The number of halogens is 1. The Hall–Kier alpha value is -3.41. The monoisotopic (exact) mass is 431 g/mol. The quantitative estimate of drug-likeness (QED) is 0.546. The number of hydrogen-bond donors (Lipinski definition) is 3. The lowest BCUT2D eigenvalue weighted by atomic mass is 10.1. The number of ether oxygens (including phenoxy) is 1. The number of benzene rings is 2. The number of anilines is 1. The van der Waals surface area contributed by atoms with Crippen LogP contribution in [-0.2, 0) is 10.0 Å². The first kappa shape index (κ1) is 20.3. The Morgan fingerprint density at radius 2 is 1.90 bits per heavy atom. The largest absolute Gasteiger partial charge is 0.506 e. The predicted octanol–water partition coefficient (Wildman–Crippen LogP) is 3.82. The topological polar surface area (TPSA) is 113 Å². The summed E-state index contributed by atoms with van der Waals surface area (Å²) in [7, 11) is -3.02. The molecule has 0 atom stereocenters. The van der Waals surface area contributed by atoms with Gasteiger partial charge in [0.1, 0.15) is 16.2 Å². The average Bonchev–Trinajstić information content (AvgIpc) is 2.69. The summed E-state index contributed by atoms with van der Waals surface area (Å²) in [6.45, 7) is 0. The lowest BCUT2D eigenvalue weighted by molar-refractivity contribution is 0.0693. The van der Waals surface area contributed by atoms with Crippen molar-refractivity contribution in [3.63, 3.8) is 0 Å². The van der Waals surface area contributed by atoms with E-state index in [1.165, 1.54) is 7.11 Å². The van der Waals surface area contributed by atoms with Crippen LogP contribution < -0.4 is 9.46 Å². The second kappa shape index (κ2) is 7.91. The highest BCUT2D eigenvalue weighted by molar-refractivity contribution is 7.92. The van der Waals surface area contributed by atoms with Crippen molar-refractivity contribution in [3.05, 3.63) is 71.2 Å². The van der Waals surface area contributed by atoms with Crippen molar-refractivity contribution in [1.29, 1.82) is 0 Å². The minimum absolute atomic E-state index is 0.0917. The number of aromatic hydroxyl groups is 1. The Kier molecular flexibility index (Phi) is 5.55. The van der Waals surface area contributed by atoms with E-state index in [9.17, 15) is 18.3 Å². The number of nitrogens with one attached hydrogen (secondary N) is 1. The fourth-order valence-corrected chi connectivity index (χ4v) is 4.12. The van der Waals surface area contributed by atoms with E-state index in [1.807, 2.05) is 0 Å². The number of methoxy groups -OCH3 is 1. The van der Waals surface area contributed by atoms with Gasteiger partial charge in [0, 0.05) is 5.02 Å². The molecule has 29 heavy (non-hydrogen) atoms. The highest BCUT2D eigenvalue weighted by Gasteiger charge is 2.26. The third-order valence-corrected chi connectivity index (χ3v) is 5.59. The third kappa shape index (κ3) is 4.21. The van der Waals surface area contributed by atoms with Crippen molar-refractivity contribution in [3.8, 4) is 22.6 Å². The van der Waals surface area contributed by atoms with Gasteiger partial charge in [0.05, 0.1) is 12.8 Å². The second-order valence-corrected chi connectivity index (χ2v) is 7.93. The van der Waals surface area contributed by atoms with E-state index in [0.717, 1.165) is 17.7 Å². The molecule has 0 aliphatic heterocycles. The average molecular weight is 432 g/mol. The van der Waals surface area contributed by atoms with Gasteiger partial charge in [-0.1, -0.05) is 29.8 Å². The minimum atomic E-state index is -4.40. The Morgan fingerprint density at radius 3 is 2.52 bits per heavy atom. The van der Waals surface area contributed by atoms with Crippen LogP contribution in [0.25, 0.3) is 11.1 Å². The summed E-state index contributed by atoms with van der Waals surface area (Å²) < 4.78 is 33.3. The van der Waals surface area contributed by atoms with Crippen LogP contribution in [0, 0.1) is 12.1 Å². The summed E-state index contributed by atoms with van der Waals surface area (Å²) in [5, 5.41) is 19.2. The molecule has 9 heteroatoms. The summed E-state index contributed by atoms with van der Waals surface area (Å²) in [5.41, 5.74) is 0.907. The number of rotatable bonds is 6. The van der Waals surface area contributed by atoms with E-state index >= 15 is 0 Å². The normalized spacial score (nSPS) is 10.8. The maximum Gasteiger partial charge on any atom is 0.339 e. The van der Waals surface area contributed by atoms with Crippen LogP contribution in [0.5, 0.6) is 11.5 Å². The standard InChI is InChI=1S/C20H14ClNO6S/c1-28-17-8-7-13(12-5-3-2-4-6-12)9-16(17)22-29(26,27)18-11-14(21)10-15(19(18)23)20(24)25/h3,5-11,22-23H,1H3,(H,24,25). The molecule has 0 saturated carbocycles. The van der Waals surface area contributed by atoms with Gasteiger partial charge >= 0.3 is 5.97 Å². The zero-order chi connectivity index (χ0) is 21.2. The molecule has 0 bridgehead atoms. The summed E-state index contributed by atoms with van der Waals surface area (Å²) in [5.74, 6) is -2.21. The second-order valence-electron chi connectivity index (χ2n) is 5.85. The number of phenols is 1. The SMILES string of the molecule is COc1ccc(-c2cc#ccc2)cc1NS(=O)(=O)c1cc(Cl)cc(C(=O)O)c1O. The molecule has 3 aromatic carbocycles. The lowest BCUT2D eigenvalue weighted by Crippen LogP contribution is -2.15. The molecular weight excluding hydrogens is 418 g/mol. The van der Waals surface area contributed by atoms with E-state index in [4.69, 9.17) is 21.4 Å². The van der Waals surface area contributed by atoms with Crippen LogP contribution in [0.15, 0.2) is 53.4 Å². The first-order valence-electron chi connectivity index (χ1n) is 8.08. The van der Waals surface area contributed by atoms with Crippen molar-refractivity contribution >= 4 is 33.3 Å². The van der Waals surface area contributed by atoms with Crippen molar-refractivity contribution < 1.29 is 28.2 Å². The number of aromatic carboxylic acids is 1. The molecule has 0 heterocycles. The van der Waals surface area contributed by atoms with E-state index < -0.39 is 32.2 Å². The van der Waals surface area contributed by atoms with Gasteiger partial charge in [-0.15, -0.1) is 0 Å². The zero-order valence-electron chi connectivity index (χ0n) is 14.9.